The topological polar surface area (TPSA) is 114 Å². The fraction of sp³-hybridized carbons (Fsp3) is 0.308. The number of carbonyl (C=O) groups excluding carboxylic acids is 2. The van der Waals surface area contributed by atoms with Crippen LogP contribution in [0.5, 0.6) is 0 Å². The van der Waals surface area contributed by atoms with Crippen molar-refractivity contribution in [2.75, 3.05) is 5.32 Å². The van der Waals surface area contributed by atoms with Crippen LogP contribution in [0.4, 0.5) is 11.4 Å². The molecule has 0 heterocycles. The van der Waals surface area contributed by atoms with Crippen LogP contribution in [0.25, 0.3) is 0 Å². The van der Waals surface area contributed by atoms with Crippen molar-refractivity contribution >= 4 is 28.9 Å². The van der Waals surface area contributed by atoms with Gasteiger partial charge in [0.1, 0.15) is 0 Å². The first-order chi connectivity index (χ1) is 9.92. The maximum atomic E-state index is 11.7. The first-order valence-corrected chi connectivity index (χ1v) is 6.28. The molecule has 1 aromatic carbocycles. The Morgan fingerprint density at radius 2 is 2.05 bits per heavy atom. The van der Waals surface area contributed by atoms with E-state index in [0.29, 0.717) is 17.8 Å². The summed E-state index contributed by atoms with van der Waals surface area (Å²) in [7, 11) is 0. The van der Waals surface area contributed by atoms with Gasteiger partial charge in [-0.2, -0.15) is 5.10 Å². The summed E-state index contributed by atoms with van der Waals surface area (Å²) in [6.45, 7) is 3.29. The van der Waals surface area contributed by atoms with Gasteiger partial charge in [0.05, 0.1) is 11.3 Å². The number of nitro groups is 1. The highest BCUT2D eigenvalue weighted by Gasteiger charge is 2.09. The van der Waals surface area contributed by atoms with Crippen LogP contribution in [-0.2, 0) is 9.59 Å². The highest BCUT2D eigenvalue weighted by molar-refractivity contribution is 6.05. The molecule has 1 rings (SSSR count). The molecule has 8 nitrogen and oxygen atoms in total. The fourth-order valence-corrected chi connectivity index (χ4v) is 1.41. The summed E-state index contributed by atoms with van der Waals surface area (Å²) in [4.78, 5) is 32.8. The zero-order valence-corrected chi connectivity index (χ0v) is 11.8. The lowest BCUT2D eigenvalue weighted by Crippen LogP contribution is -2.20. The highest BCUT2D eigenvalue weighted by Crippen LogP contribution is 2.17. The van der Waals surface area contributed by atoms with Gasteiger partial charge in [-0.05, 0) is 13.0 Å². The number of amides is 2. The Labute approximate surface area is 121 Å². The first kappa shape index (κ1) is 16.3. The summed E-state index contributed by atoms with van der Waals surface area (Å²) in [5.74, 6) is -0.615. The normalized spacial score (nSPS) is 10.9. The second-order valence-electron chi connectivity index (χ2n) is 4.27. The molecule has 0 atom stereocenters. The van der Waals surface area contributed by atoms with Gasteiger partial charge in [0.25, 0.3) is 5.69 Å². The lowest BCUT2D eigenvalue weighted by molar-refractivity contribution is -0.384. The molecule has 112 valence electrons. The molecule has 2 N–H and O–H groups in total. The van der Waals surface area contributed by atoms with E-state index in [2.05, 4.69) is 15.8 Å². The number of hydrogen-bond donors (Lipinski definition) is 2. The van der Waals surface area contributed by atoms with Gasteiger partial charge in [0, 0.05) is 30.0 Å². The minimum atomic E-state index is -0.539. The zero-order valence-electron chi connectivity index (χ0n) is 11.8. The van der Waals surface area contributed by atoms with Gasteiger partial charge in [0.15, 0.2) is 0 Å². The van der Waals surface area contributed by atoms with Gasteiger partial charge in [0.2, 0.25) is 11.8 Å². The zero-order chi connectivity index (χ0) is 15.8. The maximum Gasteiger partial charge on any atom is 0.271 e. The van der Waals surface area contributed by atoms with Gasteiger partial charge in [-0.25, -0.2) is 5.43 Å². The monoisotopic (exact) mass is 292 g/mol. The number of nitro benzene ring substituents is 1. The highest BCUT2D eigenvalue weighted by atomic mass is 16.6. The third-order valence-corrected chi connectivity index (χ3v) is 2.45. The van der Waals surface area contributed by atoms with Crippen molar-refractivity contribution in [1.29, 1.82) is 0 Å². The summed E-state index contributed by atoms with van der Waals surface area (Å²) >= 11 is 0. The van der Waals surface area contributed by atoms with Crippen LogP contribution in [0, 0.1) is 10.1 Å². The lowest BCUT2D eigenvalue weighted by Gasteiger charge is -2.05. The van der Waals surface area contributed by atoms with E-state index < -0.39 is 4.92 Å². The van der Waals surface area contributed by atoms with Crippen molar-refractivity contribution in [3.8, 4) is 0 Å². The van der Waals surface area contributed by atoms with Crippen LogP contribution >= 0.6 is 0 Å². The molecule has 0 aromatic heterocycles. The molecule has 0 saturated carbocycles. The van der Waals surface area contributed by atoms with Crippen LogP contribution in [0.3, 0.4) is 0 Å². The Balaban J connectivity index is 2.59. The predicted octanol–water partition coefficient (Wildman–Crippen LogP) is 1.83. The molecule has 0 aliphatic carbocycles. The third-order valence-electron chi connectivity index (χ3n) is 2.45. The maximum absolute atomic E-state index is 11.7. The van der Waals surface area contributed by atoms with E-state index in [0.717, 1.165) is 0 Å². The molecule has 0 saturated heterocycles. The molecule has 0 spiro atoms. The van der Waals surface area contributed by atoms with E-state index in [1.165, 1.54) is 18.2 Å². The van der Waals surface area contributed by atoms with E-state index in [-0.39, 0.29) is 23.9 Å². The smallest absolute Gasteiger partial charge is 0.271 e. The van der Waals surface area contributed by atoms with Crippen LogP contribution in [0.1, 0.15) is 26.7 Å². The van der Waals surface area contributed by atoms with Gasteiger partial charge in [-0.15, -0.1) is 0 Å². The van der Waals surface area contributed by atoms with Crippen LogP contribution in [0.2, 0.25) is 0 Å². The van der Waals surface area contributed by atoms with E-state index in [1.54, 1.807) is 19.9 Å². The quantitative estimate of drug-likeness (QED) is 0.473. The van der Waals surface area contributed by atoms with Gasteiger partial charge in [-0.1, -0.05) is 13.0 Å². The summed E-state index contributed by atoms with van der Waals surface area (Å²) in [5.41, 5.74) is 2.97. The predicted molar refractivity (Wildman–Crippen MR) is 77.9 cm³/mol. The van der Waals surface area contributed by atoms with E-state index >= 15 is 0 Å². The lowest BCUT2D eigenvalue weighted by atomic mass is 10.2. The number of benzene rings is 1. The number of rotatable bonds is 6. The fourth-order valence-electron chi connectivity index (χ4n) is 1.41. The van der Waals surface area contributed by atoms with E-state index in [1.807, 2.05) is 0 Å². The molecule has 1 aromatic rings. The standard InChI is InChI=1S/C13H16N4O4/c1-3-12(18)16-15-9(2)7-13(19)14-10-5-4-6-11(8-10)17(20)21/h4-6,8H,3,7H2,1-2H3,(H,14,19)(H,16,18)/b15-9-. The number of hydrazone groups is 1. The van der Waals surface area contributed by atoms with Crippen molar-refractivity contribution < 1.29 is 14.5 Å². The Morgan fingerprint density at radius 3 is 2.67 bits per heavy atom. The minimum absolute atomic E-state index is 0.0211. The van der Waals surface area contributed by atoms with Crippen molar-refractivity contribution in [1.82, 2.24) is 5.43 Å². The summed E-state index contributed by atoms with van der Waals surface area (Å²) in [6.07, 6.45) is 0.281. The van der Waals surface area contributed by atoms with Gasteiger partial charge >= 0.3 is 0 Å². The molecule has 0 fully saturated rings. The van der Waals surface area contributed by atoms with Crippen LogP contribution in [-0.4, -0.2) is 22.4 Å². The van der Waals surface area contributed by atoms with Crippen molar-refractivity contribution in [2.45, 2.75) is 26.7 Å². The number of carbonyl (C=O) groups is 2. The first-order valence-electron chi connectivity index (χ1n) is 6.28. The number of hydrogen-bond acceptors (Lipinski definition) is 5. The summed E-state index contributed by atoms with van der Waals surface area (Å²) < 4.78 is 0. The molecule has 2 amide bonds. The number of nitrogens with one attached hydrogen (secondary N) is 2. The van der Waals surface area contributed by atoms with Crippen LogP contribution < -0.4 is 10.7 Å². The van der Waals surface area contributed by atoms with Crippen molar-refractivity contribution in [2.24, 2.45) is 5.10 Å². The molecule has 0 unspecified atom stereocenters. The third kappa shape index (κ3) is 5.81. The molecule has 0 aliphatic heterocycles. The average molecular weight is 292 g/mol. The van der Waals surface area contributed by atoms with E-state index in [4.69, 9.17) is 0 Å². The second kappa shape index (κ2) is 7.73. The Hall–Kier alpha value is -2.77. The summed E-state index contributed by atoms with van der Waals surface area (Å²) in [5, 5.41) is 16.9. The summed E-state index contributed by atoms with van der Waals surface area (Å²) in [6, 6.07) is 5.64. The Kier molecular flexibility index (Phi) is 5.99. The Morgan fingerprint density at radius 1 is 1.33 bits per heavy atom. The SMILES string of the molecule is CCC(=O)N/N=C(/C)CC(=O)Nc1cccc([N+](=O)[O-])c1. The van der Waals surface area contributed by atoms with Crippen LogP contribution in [0.15, 0.2) is 29.4 Å². The molecule has 0 bridgehead atoms. The molecule has 8 heteroatoms. The number of non-ortho nitro benzene ring substituents is 1. The largest absolute Gasteiger partial charge is 0.326 e. The minimum Gasteiger partial charge on any atom is -0.326 e. The van der Waals surface area contributed by atoms with Crippen molar-refractivity contribution in [3.63, 3.8) is 0 Å². The number of nitrogens with zero attached hydrogens (tertiary/aromatic N) is 2. The molecular formula is C13H16N4O4. The Bertz CT molecular complexity index is 583. The molecule has 21 heavy (non-hydrogen) atoms. The number of anilines is 1. The van der Waals surface area contributed by atoms with Gasteiger partial charge in [-0.3, -0.25) is 19.7 Å². The average Bonchev–Trinajstić information content (AvgIpc) is 2.44. The van der Waals surface area contributed by atoms with Crippen molar-refractivity contribution in [3.05, 3.63) is 34.4 Å². The van der Waals surface area contributed by atoms with Gasteiger partial charge < -0.3 is 5.32 Å². The van der Waals surface area contributed by atoms with E-state index in [9.17, 15) is 19.7 Å². The molecule has 0 radical (unpaired) electrons. The second-order valence-corrected chi connectivity index (χ2v) is 4.27. The molecular weight excluding hydrogens is 276 g/mol. The molecule has 0 aliphatic rings.